The van der Waals surface area contributed by atoms with E-state index in [9.17, 15) is 9.59 Å². The van der Waals surface area contributed by atoms with Crippen LogP contribution >= 0.6 is 11.8 Å². The van der Waals surface area contributed by atoms with Gasteiger partial charge in [-0.3, -0.25) is 9.59 Å². The van der Waals surface area contributed by atoms with E-state index >= 15 is 0 Å². The molecule has 1 heterocycles. The van der Waals surface area contributed by atoms with E-state index in [1.807, 2.05) is 36.4 Å². The van der Waals surface area contributed by atoms with Gasteiger partial charge in [0.15, 0.2) is 18.1 Å². The first-order chi connectivity index (χ1) is 16.5. The van der Waals surface area contributed by atoms with Crippen LogP contribution in [-0.4, -0.2) is 46.2 Å². The van der Waals surface area contributed by atoms with Crippen molar-refractivity contribution in [1.82, 2.24) is 0 Å². The van der Waals surface area contributed by atoms with Crippen molar-refractivity contribution in [2.24, 2.45) is 0 Å². The van der Waals surface area contributed by atoms with Gasteiger partial charge < -0.3 is 23.8 Å². The van der Waals surface area contributed by atoms with Gasteiger partial charge in [-0.1, -0.05) is 36.0 Å². The van der Waals surface area contributed by atoms with Gasteiger partial charge in [0.05, 0.1) is 39.1 Å². The molecule has 1 aliphatic heterocycles. The van der Waals surface area contributed by atoms with E-state index in [2.05, 4.69) is 17.0 Å². The topological polar surface area (TPSA) is 74.3 Å². The van der Waals surface area contributed by atoms with Gasteiger partial charge in [0.2, 0.25) is 11.5 Å². The number of carbonyl (C=O) groups excluding carboxylic acids is 2. The molecular weight excluding hydrogens is 454 g/mol. The number of nitrogens with zero attached hydrogens (tertiary/aromatic N) is 1. The van der Waals surface area contributed by atoms with Crippen molar-refractivity contribution in [1.29, 1.82) is 0 Å². The second-order valence-corrected chi connectivity index (χ2v) is 8.52. The van der Waals surface area contributed by atoms with Crippen LogP contribution in [0.3, 0.4) is 0 Å². The molecular formula is C26H25NO6S. The standard InChI is InChI=1S/C26H25NO6S/c1-30-21-14-17(15-22(31-2)26(21)32-3)20(28)16-33-25(29)12-13-27-18-8-4-6-10-23(18)34-24-11-7-5-9-19(24)27/h4-11,14-15H,12-13,16H2,1-3H3. The molecule has 7 nitrogen and oxygen atoms in total. The zero-order valence-corrected chi connectivity index (χ0v) is 20.0. The zero-order valence-electron chi connectivity index (χ0n) is 19.2. The lowest BCUT2D eigenvalue weighted by Gasteiger charge is -2.32. The highest BCUT2D eigenvalue weighted by atomic mass is 32.2. The summed E-state index contributed by atoms with van der Waals surface area (Å²) in [6.07, 6.45) is 0.135. The number of ether oxygens (including phenoxy) is 4. The molecule has 0 aliphatic carbocycles. The van der Waals surface area contributed by atoms with Gasteiger partial charge in [-0.2, -0.15) is 0 Å². The maximum Gasteiger partial charge on any atom is 0.308 e. The number of rotatable bonds is 9. The molecule has 0 bridgehead atoms. The Morgan fingerprint density at radius 3 is 1.91 bits per heavy atom. The molecule has 0 unspecified atom stereocenters. The molecule has 0 radical (unpaired) electrons. The molecule has 0 saturated heterocycles. The largest absolute Gasteiger partial charge is 0.493 e. The molecule has 0 amide bonds. The van der Waals surface area contributed by atoms with Crippen molar-refractivity contribution in [3.8, 4) is 17.2 Å². The van der Waals surface area contributed by atoms with Crippen molar-refractivity contribution >= 4 is 34.9 Å². The number of benzene rings is 3. The number of carbonyl (C=O) groups is 2. The number of fused-ring (bicyclic) bond motifs is 2. The summed E-state index contributed by atoms with van der Waals surface area (Å²) in [5.74, 6) is 0.291. The average Bonchev–Trinajstić information content (AvgIpc) is 2.88. The van der Waals surface area contributed by atoms with Crippen LogP contribution in [0, 0.1) is 0 Å². The predicted molar refractivity (Wildman–Crippen MR) is 130 cm³/mol. The first kappa shape index (κ1) is 23.5. The third-order valence-corrected chi connectivity index (χ3v) is 6.55. The molecule has 1 aliphatic rings. The minimum Gasteiger partial charge on any atom is -0.493 e. The van der Waals surface area contributed by atoms with Crippen LogP contribution in [0.25, 0.3) is 0 Å². The van der Waals surface area contributed by atoms with Gasteiger partial charge in [0.1, 0.15) is 0 Å². The molecule has 0 saturated carbocycles. The fourth-order valence-corrected chi connectivity index (χ4v) is 4.86. The van der Waals surface area contributed by atoms with Gasteiger partial charge in [0.25, 0.3) is 0 Å². The Morgan fingerprint density at radius 1 is 0.824 bits per heavy atom. The molecule has 176 valence electrons. The lowest BCUT2D eigenvalue weighted by molar-refractivity contribution is -0.142. The van der Waals surface area contributed by atoms with E-state index < -0.39 is 5.97 Å². The van der Waals surface area contributed by atoms with E-state index in [0.29, 0.717) is 29.4 Å². The highest BCUT2D eigenvalue weighted by Gasteiger charge is 2.24. The van der Waals surface area contributed by atoms with Gasteiger partial charge in [-0.15, -0.1) is 0 Å². The van der Waals surface area contributed by atoms with Crippen molar-refractivity contribution in [2.45, 2.75) is 16.2 Å². The fourth-order valence-electron chi connectivity index (χ4n) is 3.77. The fraction of sp³-hybridized carbons (Fsp3) is 0.231. The van der Waals surface area contributed by atoms with Crippen LogP contribution in [0.1, 0.15) is 16.8 Å². The number of hydrogen-bond acceptors (Lipinski definition) is 8. The molecule has 0 fully saturated rings. The third kappa shape index (κ3) is 4.82. The molecule has 0 spiro atoms. The minimum absolute atomic E-state index is 0.135. The van der Waals surface area contributed by atoms with Crippen LogP contribution in [0.5, 0.6) is 17.2 Å². The first-order valence-electron chi connectivity index (χ1n) is 10.7. The van der Waals surface area contributed by atoms with Crippen molar-refractivity contribution in [3.05, 3.63) is 66.2 Å². The molecule has 0 N–H and O–H groups in total. The molecule has 8 heteroatoms. The summed E-state index contributed by atoms with van der Waals surface area (Å²) in [6, 6.07) is 19.3. The van der Waals surface area contributed by atoms with Crippen molar-refractivity contribution in [2.75, 3.05) is 39.4 Å². The smallest absolute Gasteiger partial charge is 0.308 e. The average molecular weight is 480 g/mol. The zero-order chi connectivity index (χ0) is 24.1. The predicted octanol–water partition coefficient (Wildman–Crippen LogP) is 5.13. The molecule has 34 heavy (non-hydrogen) atoms. The lowest BCUT2D eigenvalue weighted by atomic mass is 10.1. The van der Waals surface area contributed by atoms with Crippen LogP contribution in [0.4, 0.5) is 11.4 Å². The van der Waals surface area contributed by atoms with Crippen LogP contribution in [0.2, 0.25) is 0 Å². The molecule has 4 rings (SSSR count). The second-order valence-electron chi connectivity index (χ2n) is 7.44. The highest BCUT2D eigenvalue weighted by molar-refractivity contribution is 7.99. The SMILES string of the molecule is COc1cc(C(=O)COC(=O)CCN2c3ccccc3Sc3ccccc32)cc(OC)c1OC. The van der Waals surface area contributed by atoms with Crippen molar-refractivity contribution < 1.29 is 28.5 Å². The molecule has 0 atom stereocenters. The number of para-hydroxylation sites is 2. The number of hydrogen-bond donors (Lipinski definition) is 0. The molecule has 3 aromatic carbocycles. The summed E-state index contributed by atoms with van der Waals surface area (Å²) < 4.78 is 21.1. The van der Waals surface area contributed by atoms with Gasteiger partial charge >= 0.3 is 5.97 Å². The molecule has 0 aromatic heterocycles. The summed E-state index contributed by atoms with van der Waals surface area (Å²) in [5, 5.41) is 0. The monoisotopic (exact) mass is 479 g/mol. The number of methoxy groups -OCH3 is 3. The number of esters is 1. The van der Waals surface area contributed by atoms with E-state index in [-0.39, 0.29) is 18.8 Å². The third-order valence-electron chi connectivity index (χ3n) is 5.42. The highest BCUT2D eigenvalue weighted by Crippen LogP contribution is 2.47. The maximum absolute atomic E-state index is 12.7. The Hall–Kier alpha value is -3.65. The Balaban J connectivity index is 1.41. The van der Waals surface area contributed by atoms with E-state index in [1.54, 1.807) is 11.8 Å². The number of Topliss-reactive ketones (excluding diaryl/α,β-unsaturated/α-hetero) is 1. The Labute approximate surface area is 202 Å². The number of ketones is 1. The van der Waals surface area contributed by atoms with Gasteiger partial charge in [0, 0.05) is 21.9 Å². The van der Waals surface area contributed by atoms with Crippen LogP contribution in [0.15, 0.2) is 70.5 Å². The quantitative estimate of drug-likeness (QED) is 0.309. The van der Waals surface area contributed by atoms with Crippen LogP contribution in [-0.2, 0) is 9.53 Å². The van der Waals surface area contributed by atoms with E-state index in [4.69, 9.17) is 18.9 Å². The molecule has 3 aromatic rings. The minimum atomic E-state index is -0.450. The van der Waals surface area contributed by atoms with Crippen molar-refractivity contribution in [3.63, 3.8) is 0 Å². The summed E-state index contributed by atoms with van der Waals surface area (Å²) in [6.45, 7) is 0.0618. The van der Waals surface area contributed by atoms with Gasteiger partial charge in [-0.05, 0) is 36.4 Å². The Kier molecular flexibility index (Phi) is 7.27. The first-order valence-corrected chi connectivity index (χ1v) is 11.5. The number of anilines is 2. The Bertz CT molecular complexity index is 1140. The van der Waals surface area contributed by atoms with Gasteiger partial charge in [-0.25, -0.2) is 0 Å². The van der Waals surface area contributed by atoms with Crippen LogP contribution < -0.4 is 19.1 Å². The van der Waals surface area contributed by atoms with E-state index in [0.717, 1.165) is 21.2 Å². The normalized spacial score (nSPS) is 11.8. The Morgan fingerprint density at radius 2 is 1.38 bits per heavy atom. The summed E-state index contributed by atoms with van der Waals surface area (Å²) in [5.41, 5.74) is 2.40. The lowest BCUT2D eigenvalue weighted by Crippen LogP contribution is -2.25. The maximum atomic E-state index is 12.7. The summed E-state index contributed by atoms with van der Waals surface area (Å²) in [7, 11) is 4.43. The summed E-state index contributed by atoms with van der Waals surface area (Å²) >= 11 is 1.71. The second kappa shape index (κ2) is 10.5. The van der Waals surface area contributed by atoms with E-state index in [1.165, 1.54) is 33.5 Å². The summed E-state index contributed by atoms with van der Waals surface area (Å²) in [4.78, 5) is 29.6.